The van der Waals surface area contributed by atoms with Crippen LogP contribution in [0.4, 0.5) is 5.69 Å². The summed E-state index contributed by atoms with van der Waals surface area (Å²) in [6, 6.07) is 15.0. The van der Waals surface area contributed by atoms with Gasteiger partial charge in [-0.3, -0.25) is 14.4 Å². The molecule has 0 saturated heterocycles. The van der Waals surface area contributed by atoms with Gasteiger partial charge in [-0.05, 0) is 47.6 Å². The van der Waals surface area contributed by atoms with Crippen LogP contribution in [0.1, 0.15) is 48.7 Å². The summed E-state index contributed by atoms with van der Waals surface area (Å²) in [5, 5.41) is 2.54. The molecule has 1 N–H and O–H groups in total. The maximum absolute atomic E-state index is 12.5. The van der Waals surface area contributed by atoms with Gasteiger partial charge in [0.25, 0.3) is 11.8 Å². The van der Waals surface area contributed by atoms with Gasteiger partial charge in [-0.25, -0.2) is 0 Å². The third kappa shape index (κ3) is 5.26. The Hall–Kier alpha value is -3.15. The topological polar surface area (TPSA) is 75.7 Å². The minimum Gasteiger partial charge on any atom is -0.454 e. The summed E-state index contributed by atoms with van der Waals surface area (Å²) in [4.78, 5) is 38.4. The monoisotopic (exact) mass is 408 g/mol. The Kier molecular flexibility index (Phi) is 6.55. The van der Waals surface area contributed by atoms with Crippen molar-refractivity contribution in [3.05, 3.63) is 65.2 Å². The van der Waals surface area contributed by atoms with E-state index in [1.807, 2.05) is 36.4 Å². The zero-order chi connectivity index (χ0) is 21.7. The molecule has 1 aliphatic rings. The third-order valence-electron chi connectivity index (χ3n) is 5.17. The summed E-state index contributed by atoms with van der Waals surface area (Å²) in [7, 11) is 0. The van der Waals surface area contributed by atoms with E-state index >= 15 is 0 Å². The van der Waals surface area contributed by atoms with E-state index in [1.54, 1.807) is 17.0 Å². The van der Waals surface area contributed by atoms with Gasteiger partial charge >= 0.3 is 5.97 Å². The van der Waals surface area contributed by atoms with Crippen molar-refractivity contribution < 1.29 is 19.1 Å². The van der Waals surface area contributed by atoms with Crippen LogP contribution < -0.4 is 10.2 Å². The second kappa shape index (κ2) is 9.11. The quantitative estimate of drug-likeness (QED) is 0.771. The molecule has 0 saturated carbocycles. The maximum Gasteiger partial charge on any atom is 0.325 e. The number of ether oxygens (including phenoxy) is 1. The minimum atomic E-state index is -0.645. The highest BCUT2D eigenvalue weighted by Crippen LogP contribution is 2.26. The highest BCUT2D eigenvalue weighted by atomic mass is 16.5. The van der Waals surface area contributed by atoms with Crippen LogP contribution in [0.5, 0.6) is 0 Å². The lowest BCUT2D eigenvalue weighted by atomic mass is 9.87. The van der Waals surface area contributed by atoms with E-state index in [4.69, 9.17) is 4.74 Å². The third-order valence-corrected chi connectivity index (χ3v) is 5.17. The van der Waals surface area contributed by atoms with Crippen molar-refractivity contribution in [3.8, 4) is 0 Å². The van der Waals surface area contributed by atoms with Crippen molar-refractivity contribution in [2.45, 2.75) is 39.0 Å². The number of anilines is 1. The first-order chi connectivity index (χ1) is 14.3. The van der Waals surface area contributed by atoms with E-state index in [9.17, 15) is 14.4 Å². The molecule has 3 rings (SSSR count). The molecule has 2 aromatic rings. The van der Waals surface area contributed by atoms with Gasteiger partial charge < -0.3 is 15.0 Å². The lowest BCUT2D eigenvalue weighted by Crippen LogP contribution is -2.39. The number of benzene rings is 2. The minimum absolute atomic E-state index is 0.000219. The van der Waals surface area contributed by atoms with Gasteiger partial charge in [-0.1, -0.05) is 51.1 Å². The molecule has 30 heavy (non-hydrogen) atoms. The summed E-state index contributed by atoms with van der Waals surface area (Å²) in [5.74, 6) is -1.27. The van der Waals surface area contributed by atoms with Crippen molar-refractivity contribution in [2.24, 2.45) is 0 Å². The number of amides is 2. The number of esters is 1. The molecular formula is C24H28N2O4. The highest BCUT2D eigenvalue weighted by Gasteiger charge is 2.23. The van der Waals surface area contributed by atoms with Crippen LogP contribution in [0.25, 0.3) is 0 Å². The zero-order valence-corrected chi connectivity index (χ0v) is 17.7. The number of hydrogen-bond acceptors (Lipinski definition) is 4. The predicted octanol–water partition coefficient (Wildman–Crippen LogP) is 3.24. The van der Waals surface area contributed by atoms with Crippen LogP contribution in [0.15, 0.2) is 48.5 Å². The average molecular weight is 408 g/mol. The van der Waals surface area contributed by atoms with Gasteiger partial charge in [-0.15, -0.1) is 0 Å². The predicted molar refractivity (Wildman–Crippen MR) is 116 cm³/mol. The van der Waals surface area contributed by atoms with Crippen molar-refractivity contribution in [1.82, 2.24) is 5.32 Å². The number of rotatable bonds is 5. The van der Waals surface area contributed by atoms with E-state index in [0.717, 1.165) is 29.7 Å². The standard InChI is InChI=1S/C24H28N2O4/c1-24(2,3)19-12-10-18(11-13-19)23(29)25-15-22(28)30-16-21(27)26-14-6-8-17-7-4-5-9-20(17)26/h4-5,7,9-13H,6,8,14-16H2,1-3H3,(H,25,29). The largest absolute Gasteiger partial charge is 0.454 e. The first-order valence-electron chi connectivity index (χ1n) is 10.2. The molecule has 0 bridgehead atoms. The van der Waals surface area contributed by atoms with Crippen molar-refractivity contribution in [2.75, 3.05) is 24.6 Å². The number of fused-ring (bicyclic) bond motifs is 1. The van der Waals surface area contributed by atoms with Gasteiger partial charge in [0.05, 0.1) is 0 Å². The Morgan fingerprint density at radius 3 is 2.43 bits per heavy atom. The van der Waals surface area contributed by atoms with E-state index in [1.165, 1.54) is 0 Å². The van der Waals surface area contributed by atoms with Crippen LogP contribution >= 0.6 is 0 Å². The van der Waals surface area contributed by atoms with Gasteiger partial charge in [0.1, 0.15) is 6.54 Å². The van der Waals surface area contributed by atoms with Gasteiger partial charge in [0, 0.05) is 17.8 Å². The SMILES string of the molecule is CC(C)(C)c1ccc(C(=O)NCC(=O)OCC(=O)N2CCCc3ccccc32)cc1. The number of aryl methyl sites for hydroxylation is 1. The van der Waals surface area contributed by atoms with Crippen LogP contribution in [0.3, 0.4) is 0 Å². The molecule has 0 unspecified atom stereocenters. The summed E-state index contributed by atoms with van der Waals surface area (Å²) < 4.78 is 5.08. The summed E-state index contributed by atoms with van der Waals surface area (Å²) in [6.45, 7) is 6.27. The number of para-hydroxylation sites is 1. The summed E-state index contributed by atoms with van der Waals surface area (Å²) >= 11 is 0. The molecule has 158 valence electrons. The normalized spacial score (nSPS) is 13.4. The van der Waals surface area contributed by atoms with Gasteiger partial charge in [0.15, 0.2) is 6.61 Å². The smallest absolute Gasteiger partial charge is 0.325 e. The molecule has 2 aromatic carbocycles. The average Bonchev–Trinajstić information content (AvgIpc) is 2.74. The summed E-state index contributed by atoms with van der Waals surface area (Å²) in [6.07, 6.45) is 1.81. The molecule has 0 radical (unpaired) electrons. The number of carbonyl (C=O) groups is 3. The van der Waals surface area contributed by atoms with Crippen LogP contribution in [0, 0.1) is 0 Å². The first-order valence-corrected chi connectivity index (χ1v) is 10.2. The van der Waals surface area contributed by atoms with E-state index in [0.29, 0.717) is 12.1 Å². The Balaban J connectivity index is 1.47. The number of hydrogen-bond donors (Lipinski definition) is 1. The Labute approximate surface area is 177 Å². The van der Waals surface area contributed by atoms with Crippen molar-refractivity contribution >= 4 is 23.5 Å². The molecule has 1 heterocycles. The summed E-state index contributed by atoms with van der Waals surface area (Å²) in [5.41, 5.74) is 3.58. The second-order valence-corrected chi connectivity index (χ2v) is 8.45. The molecule has 0 spiro atoms. The molecule has 0 atom stereocenters. The van der Waals surface area contributed by atoms with Gasteiger partial charge in [0.2, 0.25) is 0 Å². The van der Waals surface area contributed by atoms with Crippen molar-refractivity contribution in [3.63, 3.8) is 0 Å². The Morgan fingerprint density at radius 2 is 1.73 bits per heavy atom. The van der Waals surface area contributed by atoms with Crippen LogP contribution in [-0.2, 0) is 26.2 Å². The Bertz CT molecular complexity index is 929. The Morgan fingerprint density at radius 1 is 1.03 bits per heavy atom. The molecule has 6 heteroatoms. The number of nitrogens with one attached hydrogen (secondary N) is 1. The first kappa shape index (κ1) is 21.6. The molecule has 6 nitrogen and oxygen atoms in total. The molecule has 2 amide bonds. The highest BCUT2D eigenvalue weighted by molar-refractivity contribution is 5.97. The lowest BCUT2D eigenvalue weighted by molar-refractivity contribution is -0.146. The van der Waals surface area contributed by atoms with Crippen LogP contribution in [0.2, 0.25) is 0 Å². The second-order valence-electron chi connectivity index (χ2n) is 8.45. The molecule has 0 fully saturated rings. The van der Waals surface area contributed by atoms with Crippen LogP contribution in [-0.4, -0.2) is 37.5 Å². The fourth-order valence-electron chi connectivity index (χ4n) is 3.44. The zero-order valence-electron chi connectivity index (χ0n) is 17.7. The van der Waals surface area contributed by atoms with Crippen molar-refractivity contribution in [1.29, 1.82) is 0 Å². The molecule has 0 aliphatic carbocycles. The van der Waals surface area contributed by atoms with E-state index in [2.05, 4.69) is 26.1 Å². The molecular weight excluding hydrogens is 380 g/mol. The lowest BCUT2D eigenvalue weighted by Gasteiger charge is -2.29. The fraction of sp³-hybridized carbons (Fsp3) is 0.375. The maximum atomic E-state index is 12.5. The van der Waals surface area contributed by atoms with E-state index in [-0.39, 0.29) is 30.4 Å². The van der Waals surface area contributed by atoms with Gasteiger partial charge in [-0.2, -0.15) is 0 Å². The number of carbonyl (C=O) groups excluding carboxylic acids is 3. The van der Waals surface area contributed by atoms with E-state index < -0.39 is 5.97 Å². The number of nitrogens with zero attached hydrogens (tertiary/aromatic N) is 1. The molecule has 1 aliphatic heterocycles. The molecule has 0 aromatic heterocycles. The fourth-order valence-corrected chi connectivity index (χ4v) is 3.44.